The number of hydrogen-bond donors (Lipinski definition) is 2. The van der Waals surface area contributed by atoms with E-state index in [0.29, 0.717) is 0 Å². The molecule has 130 valence electrons. The van der Waals surface area contributed by atoms with Crippen LogP contribution < -0.4 is 10.0 Å². The lowest BCUT2D eigenvalue weighted by atomic mass is 9.93. The number of ether oxygens (including phenoxy) is 1. The summed E-state index contributed by atoms with van der Waals surface area (Å²) in [5.74, 6) is 0. The molecule has 0 unspecified atom stereocenters. The zero-order valence-electron chi connectivity index (χ0n) is 14.8. The van der Waals surface area contributed by atoms with Crippen molar-refractivity contribution in [2.75, 3.05) is 7.05 Å². The van der Waals surface area contributed by atoms with Crippen LogP contribution in [0.15, 0.2) is 29.2 Å². The molecule has 23 heavy (non-hydrogen) atoms. The fraction of sp³-hybridized carbons (Fsp3) is 0.647. The molecule has 1 aliphatic heterocycles. The van der Waals surface area contributed by atoms with Crippen LogP contribution in [0.1, 0.15) is 52.6 Å². The highest BCUT2D eigenvalue weighted by Crippen LogP contribution is 2.38. The predicted octanol–water partition coefficient (Wildman–Crippen LogP) is 2.59. The minimum Gasteiger partial charge on any atom is -0.368 e. The molecule has 0 spiro atoms. The van der Waals surface area contributed by atoms with Gasteiger partial charge in [-0.3, -0.25) is 0 Å². The van der Waals surface area contributed by atoms with E-state index in [0.717, 1.165) is 12.0 Å². The summed E-state index contributed by atoms with van der Waals surface area (Å²) < 4.78 is 32.4. The molecule has 0 aliphatic carbocycles. The molecule has 6 heteroatoms. The summed E-state index contributed by atoms with van der Waals surface area (Å²) in [6, 6.07) is 7.28. The monoisotopic (exact) mass is 340 g/mol. The Bertz CT molecular complexity index is 668. The predicted molar refractivity (Wildman–Crippen MR) is 91.9 cm³/mol. The van der Waals surface area contributed by atoms with Crippen LogP contribution in [0.25, 0.3) is 0 Å². The van der Waals surface area contributed by atoms with Crippen molar-refractivity contribution >= 4 is 10.0 Å². The van der Waals surface area contributed by atoms with E-state index in [1.54, 1.807) is 18.2 Å². The van der Waals surface area contributed by atoms with E-state index in [-0.39, 0.29) is 28.2 Å². The molecule has 1 saturated heterocycles. The van der Waals surface area contributed by atoms with Crippen molar-refractivity contribution in [3.8, 4) is 0 Å². The lowest BCUT2D eigenvalue weighted by Gasteiger charge is -2.30. The number of sulfonamides is 1. The molecule has 1 fully saturated rings. The molecule has 0 saturated carbocycles. The molecule has 1 heterocycles. The van der Waals surface area contributed by atoms with Gasteiger partial charge in [0.2, 0.25) is 10.0 Å². The Balaban J connectivity index is 2.19. The first-order valence-electron chi connectivity index (χ1n) is 7.97. The van der Waals surface area contributed by atoms with Crippen molar-refractivity contribution in [2.24, 2.45) is 0 Å². The maximum absolute atomic E-state index is 12.0. The average molecular weight is 340 g/mol. The fourth-order valence-corrected chi connectivity index (χ4v) is 4.07. The number of nitrogens with one attached hydrogen (secondary N) is 2. The van der Waals surface area contributed by atoms with Gasteiger partial charge in [-0.15, -0.1) is 0 Å². The van der Waals surface area contributed by atoms with Gasteiger partial charge in [-0.05, 0) is 65.8 Å². The van der Waals surface area contributed by atoms with Gasteiger partial charge in [0.1, 0.15) is 0 Å². The van der Waals surface area contributed by atoms with Crippen LogP contribution in [-0.4, -0.2) is 32.7 Å². The second kappa shape index (κ2) is 6.16. The van der Waals surface area contributed by atoms with Crippen LogP contribution in [0.5, 0.6) is 0 Å². The van der Waals surface area contributed by atoms with Gasteiger partial charge in [-0.25, -0.2) is 13.1 Å². The van der Waals surface area contributed by atoms with Crippen LogP contribution >= 0.6 is 0 Å². The largest absolute Gasteiger partial charge is 0.368 e. The summed E-state index contributed by atoms with van der Waals surface area (Å²) in [6.07, 6.45) is 0.916. The highest BCUT2D eigenvalue weighted by molar-refractivity contribution is 7.89. The zero-order valence-corrected chi connectivity index (χ0v) is 15.6. The second-order valence-electron chi connectivity index (χ2n) is 7.39. The Morgan fingerprint density at radius 1 is 1.26 bits per heavy atom. The van der Waals surface area contributed by atoms with Gasteiger partial charge in [-0.1, -0.05) is 12.1 Å². The van der Waals surface area contributed by atoms with Crippen molar-refractivity contribution in [1.82, 2.24) is 10.0 Å². The fourth-order valence-electron chi connectivity index (χ4n) is 3.29. The average Bonchev–Trinajstić information content (AvgIpc) is 2.66. The van der Waals surface area contributed by atoms with E-state index in [4.69, 9.17) is 4.74 Å². The SMILES string of the molecule is CNS(=O)(=O)c1cccc([C@@H](C)N[C@H]2CC(C)(C)OC2(C)C)c1. The molecule has 2 N–H and O–H groups in total. The third kappa shape index (κ3) is 4.12. The van der Waals surface area contributed by atoms with E-state index >= 15 is 0 Å². The normalized spacial score (nSPS) is 24.5. The lowest BCUT2D eigenvalue weighted by molar-refractivity contribution is -0.0703. The summed E-state index contributed by atoms with van der Waals surface area (Å²) in [7, 11) is -2.00. The minimum absolute atomic E-state index is 0.0313. The van der Waals surface area contributed by atoms with Crippen LogP contribution in [0.2, 0.25) is 0 Å². The number of benzene rings is 1. The topological polar surface area (TPSA) is 67.4 Å². The van der Waals surface area contributed by atoms with Crippen molar-refractivity contribution in [2.45, 2.75) is 69.2 Å². The molecule has 2 rings (SSSR count). The van der Waals surface area contributed by atoms with Crippen molar-refractivity contribution < 1.29 is 13.2 Å². The first-order chi connectivity index (χ1) is 10.5. The number of rotatable bonds is 5. The van der Waals surface area contributed by atoms with Gasteiger partial charge in [0.15, 0.2) is 0 Å². The van der Waals surface area contributed by atoms with Crippen molar-refractivity contribution in [3.05, 3.63) is 29.8 Å². The van der Waals surface area contributed by atoms with Gasteiger partial charge in [0.05, 0.1) is 16.1 Å². The first kappa shape index (κ1) is 18.4. The third-order valence-corrected chi connectivity index (χ3v) is 5.87. The second-order valence-corrected chi connectivity index (χ2v) is 9.28. The maximum Gasteiger partial charge on any atom is 0.240 e. The molecule has 1 aromatic carbocycles. The summed E-state index contributed by atoms with van der Waals surface area (Å²) >= 11 is 0. The Morgan fingerprint density at radius 2 is 1.91 bits per heavy atom. The molecule has 0 radical (unpaired) electrons. The summed E-state index contributed by atoms with van der Waals surface area (Å²) in [6.45, 7) is 10.4. The first-order valence-corrected chi connectivity index (χ1v) is 9.45. The van der Waals surface area contributed by atoms with Crippen LogP contribution in [0.3, 0.4) is 0 Å². The Hall–Kier alpha value is -0.950. The van der Waals surface area contributed by atoms with Gasteiger partial charge in [0.25, 0.3) is 0 Å². The third-order valence-electron chi connectivity index (χ3n) is 4.46. The highest BCUT2D eigenvalue weighted by atomic mass is 32.2. The Labute approximate surface area is 139 Å². The van der Waals surface area contributed by atoms with Crippen molar-refractivity contribution in [3.63, 3.8) is 0 Å². The van der Waals surface area contributed by atoms with Crippen LogP contribution in [-0.2, 0) is 14.8 Å². The smallest absolute Gasteiger partial charge is 0.240 e. The van der Waals surface area contributed by atoms with Gasteiger partial charge < -0.3 is 10.1 Å². The molecule has 5 nitrogen and oxygen atoms in total. The van der Waals surface area contributed by atoms with E-state index in [9.17, 15) is 8.42 Å². The van der Waals surface area contributed by atoms with E-state index in [1.807, 2.05) is 13.0 Å². The number of hydrogen-bond acceptors (Lipinski definition) is 4. The minimum atomic E-state index is -3.43. The van der Waals surface area contributed by atoms with Crippen LogP contribution in [0.4, 0.5) is 0 Å². The molecule has 2 atom stereocenters. The van der Waals surface area contributed by atoms with E-state index in [1.165, 1.54) is 7.05 Å². The van der Waals surface area contributed by atoms with Crippen molar-refractivity contribution in [1.29, 1.82) is 0 Å². The highest BCUT2D eigenvalue weighted by Gasteiger charge is 2.46. The van der Waals surface area contributed by atoms with Gasteiger partial charge in [0, 0.05) is 12.1 Å². The van der Waals surface area contributed by atoms with Crippen LogP contribution in [0, 0.1) is 0 Å². The zero-order chi connectivity index (χ0) is 17.5. The maximum atomic E-state index is 12.0. The Morgan fingerprint density at radius 3 is 2.43 bits per heavy atom. The molecule has 0 bridgehead atoms. The summed E-state index contributed by atoms with van der Waals surface area (Å²) in [5.41, 5.74) is 0.534. The lowest BCUT2D eigenvalue weighted by Crippen LogP contribution is -2.44. The molecule has 0 amide bonds. The molecule has 0 aromatic heterocycles. The Kier molecular flexibility index (Phi) is 4.93. The molecule has 1 aromatic rings. The quantitative estimate of drug-likeness (QED) is 0.864. The molecular weight excluding hydrogens is 312 g/mol. The summed E-state index contributed by atoms with van der Waals surface area (Å²) in [4.78, 5) is 0.286. The summed E-state index contributed by atoms with van der Waals surface area (Å²) in [5, 5.41) is 3.60. The van der Waals surface area contributed by atoms with E-state index < -0.39 is 10.0 Å². The van der Waals surface area contributed by atoms with Gasteiger partial charge in [-0.2, -0.15) is 0 Å². The standard InChI is InChI=1S/C17H28N2O3S/c1-12(19-15-11-16(2,3)22-17(15,4)5)13-8-7-9-14(10-13)23(20,21)18-6/h7-10,12,15,18-19H,11H2,1-6H3/t12-,15+/m1/s1. The van der Waals surface area contributed by atoms with E-state index in [2.05, 4.69) is 37.7 Å². The molecular formula is C17H28N2O3S. The molecule has 1 aliphatic rings. The van der Waals surface area contributed by atoms with Gasteiger partial charge >= 0.3 is 0 Å².